The van der Waals surface area contributed by atoms with Crippen molar-refractivity contribution in [2.24, 2.45) is 11.7 Å². The molecule has 0 fully saturated rings. The molecule has 1 aromatic heterocycles. The van der Waals surface area contributed by atoms with Crippen LogP contribution in [0.1, 0.15) is 35.0 Å². The van der Waals surface area contributed by atoms with Crippen molar-refractivity contribution in [2.75, 3.05) is 0 Å². The third kappa shape index (κ3) is 2.80. The Balaban J connectivity index is 2.02. The van der Waals surface area contributed by atoms with E-state index in [1.165, 1.54) is 24.3 Å². The molecule has 4 N–H and O–H groups in total. The summed E-state index contributed by atoms with van der Waals surface area (Å²) in [7, 11) is 0. The van der Waals surface area contributed by atoms with E-state index in [1.54, 1.807) is 13.0 Å². The molecule has 0 radical (unpaired) electrons. The van der Waals surface area contributed by atoms with Gasteiger partial charge in [0.1, 0.15) is 11.6 Å². The van der Waals surface area contributed by atoms with Gasteiger partial charge in [-0.15, -0.1) is 0 Å². The number of primary amides is 1. The molecule has 3 aromatic rings. The van der Waals surface area contributed by atoms with Crippen LogP contribution in [-0.4, -0.2) is 22.1 Å². The number of fused-ring (bicyclic) bond motifs is 3. The molecular formula is C21H20F2N2O2. The number of nitrogens with two attached hydrogens (primary N) is 1. The molecular weight excluding hydrogens is 350 g/mol. The van der Waals surface area contributed by atoms with Gasteiger partial charge in [0.15, 0.2) is 0 Å². The molecule has 1 amide bonds. The molecule has 0 saturated carbocycles. The van der Waals surface area contributed by atoms with Gasteiger partial charge >= 0.3 is 0 Å². The molecule has 4 nitrogen and oxygen atoms in total. The second-order valence-corrected chi connectivity index (χ2v) is 7.20. The lowest BCUT2D eigenvalue weighted by atomic mass is 9.83. The lowest BCUT2D eigenvalue weighted by Crippen LogP contribution is -2.24. The predicted octanol–water partition coefficient (Wildman–Crippen LogP) is 3.70. The van der Waals surface area contributed by atoms with Gasteiger partial charge < -0.3 is 15.8 Å². The first-order valence-electron chi connectivity index (χ1n) is 8.97. The van der Waals surface area contributed by atoms with Crippen molar-refractivity contribution in [1.82, 2.24) is 4.98 Å². The Hall–Kier alpha value is -2.73. The zero-order valence-electron chi connectivity index (χ0n) is 14.9. The van der Waals surface area contributed by atoms with E-state index in [1.807, 2.05) is 0 Å². The SMILES string of the molecule is CC(O)C1CCc2c([nH]c3c(C(N)=O)ccc(-c4c(F)cccc4F)c23)C1. The highest BCUT2D eigenvalue weighted by molar-refractivity contribution is 6.10. The Labute approximate surface area is 155 Å². The molecule has 0 aliphatic heterocycles. The number of amides is 1. The number of hydrogen-bond acceptors (Lipinski definition) is 2. The van der Waals surface area contributed by atoms with Gasteiger partial charge in [-0.25, -0.2) is 8.78 Å². The monoisotopic (exact) mass is 370 g/mol. The number of aromatic nitrogens is 1. The number of nitrogens with one attached hydrogen (secondary N) is 1. The van der Waals surface area contributed by atoms with Crippen LogP contribution >= 0.6 is 0 Å². The molecule has 0 bridgehead atoms. The van der Waals surface area contributed by atoms with Crippen LogP contribution in [0.4, 0.5) is 8.78 Å². The minimum absolute atomic E-state index is 0.0937. The maximum Gasteiger partial charge on any atom is 0.250 e. The number of H-pyrrole nitrogens is 1. The van der Waals surface area contributed by atoms with Gasteiger partial charge in [-0.2, -0.15) is 0 Å². The number of carbonyl (C=O) groups is 1. The van der Waals surface area contributed by atoms with Crippen LogP contribution < -0.4 is 5.73 Å². The Morgan fingerprint density at radius 1 is 1.26 bits per heavy atom. The van der Waals surface area contributed by atoms with E-state index in [-0.39, 0.29) is 17.0 Å². The lowest BCUT2D eigenvalue weighted by molar-refractivity contribution is 0.100. The van der Waals surface area contributed by atoms with Crippen molar-refractivity contribution in [3.05, 3.63) is 58.8 Å². The van der Waals surface area contributed by atoms with E-state index < -0.39 is 23.6 Å². The minimum Gasteiger partial charge on any atom is -0.393 e. The minimum atomic E-state index is -0.657. The topological polar surface area (TPSA) is 79.1 Å². The normalized spacial score (nSPS) is 17.7. The van der Waals surface area contributed by atoms with E-state index in [9.17, 15) is 18.7 Å². The molecule has 0 spiro atoms. The number of halogens is 2. The fourth-order valence-electron chi connectivity index (χ4n) is 4.15. The maximum atomic E-state index is 14.5. The van der Waals surface area contributed by atoms with Crippen LogP contribution in [0.3, 0.4) is 0 Å². The number of aliphatic hydroxyl groups is 1. The molecule has 6 heteroatoms. The van der Waals surface area contributed by atoms with E-state index in [0.717, 1.165) is 17.7 Å². The van der Waals surface area contributed by atoms with Crippen molar-refractivity contribution in [1.29, 1.82) is 0 Å². The van der Waals surface area contributed by atoms with Crippen LogP contribution in [0.2, 0.25) is 0 Å². The van der Waals surface area contributed by atoms with Gasteiger partial charge in [0.05, 0.1) is 22.7 Å². The summed E-state index contributed by atoms with van der Waals surface area (Å²) in [6.07, 6.45) is 1.57. The molecule has 2 atom stereocenters. The van der Waals surface area contributed by atoms with Crippen LogP contribution in [0, 0.1) is 17.6 Å². The highest BCUT2D eigenvalue weighted by atomic mass is 19.1. The predicted molar refractivity (Wildman–Crippen MR) is 99.4 cm³/mol. The Morgan fingerprint density at radius 2 is 1.96 bits per heavy atom. The van der Waals surface area contributed by atoms with Crippen molar-refractivity contribution in [3.8, 4) is 11.1 Å². The number of carbonyl (C=O) groups excluding carboxylic acids is 1. The molecule has 1 aliphatic rings. The average Bonchev–Trinajstić information content (AvgIpc) is 2.99. The van der Waals surface area contributed by atoms with Crippen LogP contribution in [0.15, 0.2) is 30.3 Å². The van der Waals surface area contributed by atoms with Crippen LogP contribution in [0.5, 0.6) is 0 Å². The highest BCUT2D eigenvalue weighted by Crippen LogP contribution is 2.40. The van der Waals surface area contributed by atoms with Gasteiger partial charge in [0.25, 0.3) is 5.91 Å². The third-order valence-corrected chi connectivity index (χ3v) is 5.56. The largest absolute Gasteiger partial charge is 0.393 e. The van der Waals surface area contributed by atoms with E-state index in [4.69, 9.17) is 5.73 Å². The Morgan fingerprint density at radius 3 is 2.59 bits per heavy atom. The zero-order valence-corrected chi connectivity index (χ0v) is 14.9. The van der Waals surface area contributed by atoms with Crippen LogP contribution in [-0.2, 0) is 12.8 Å². The second kappa shape index (κ2) is 6.46. The first-order valence-corrected chi connectivity index (χ1v) is 8.97. The highest BCUT2D eigenvalue weighted by Gasteiger charge is 2.28. The van der Waals surface area contributed by atoms with E-state index in [0.29, 0.717) is 29.3 Å². The molecule has 1 heterocycles. The average molecular weight is 370 g/mol. The van der Waals surface area contributed by atoms with E-state index in [2.05, 4.69) is 4.98 Å². The molecule has 27 heavy (non-hydrogen) atoms. The summed E-state index contributed by atoms with van der Waals surface area (Å²) >= 11 is 0. The lowest BCUT2D eigenvalue weighted by Gasteiger charge is -2.24. The third-order valence-electron chi connectivity index (χ3n) is 5.56. The summed E-state index contributed by atoms with van der Waals surface area (Å²) in [4.78, 5) is 15.1. The van der Waals surface area contributed by atoms with Gasteiger partial charge in [0, 0.05) is 11.1 Å². The number of rotatable bonds is 3. The summed E-state index contributed by atoms with van der Waals surface area (Å²) < 4.78 is 28.9. The standard InChI is InChI=1S/C21H20F2N2O2/c1-10(26)11-5-6-12-17(9-11)25-20-14(21(24)27)8-7-13(18(12)20)19-15(22)3-2-4-16(19)23/h2-4,7-8,10-11,25-26H,5-6,9H2,1H3,(H2,24,27). The van der Waals surface area contributed by atoms with E-state index >= 15 is 0 Å². The van der Waals surface area contributed by atoms with Crippen molar-refractivity contribution in [3.63, 3.8) is 0 Å². The van der Waals surface area contributed by atoms with Gasteiger partial charge in [-0.05, 0) is 61.4 Å². The van der Waals surface area contributed by atoms with Gasteiger partial charge in [-0.3, -0.25) is 4.79 Å². The molecule has 2 aromatic carbocycles. The number of hydrogen-bond donors (Lipinski definition) is 3. The Kier molecular flexibility index (Phi) is 4.23. The molecule has 140 valence electrons. The first-order chi connectivity index (χ1) is 12.9. The van der Waals surface area contributed by atoms with Gasteiger partial charge in [-0.1, -0.05) is 12.1 Å². The zero-order chi connectivity index (χ0) is 19.3. The fourth-order valence-corrected chi connectivity index (χ4v) is 4.15. The van der Waals surface area contributed by atoms with Crippen LogP contribution in [0.25, 0.3) is 22.0 Å². The number of benzene rings is 2. The summed E-state index contributed by atoms with van der Waals surface area (Å²) in [5.74, 6) is -1.83. The van der Waals surface area contributed by atoms with Crippen molar-refractivity contribution >= 4 is 16.8 Å². The summed E-state index contributed by atoms with van der Waals surface area (Å²) in [5, 5.41) is 10.6. The van der Waals surface area contributed by atoms with Crippen molar-refractivity contribution < 1.29 is 18.7 Å². The van der Waals surface area contributed by atoms with Gasteiger partial charge in [0.2, 0.25) is 0 Å². The summed E-state index contributed by atoms with van der Waals surface area (Å²) in [5.41, 5.74) is 8.40. The number of aliphatic hydroxyl groups excluding tert-OH is 1. The molecule has 1 aliphatic carbocycles. The summed E-state index contributed by atoms with van der Waals surface area (Å²) in [6.45, 7) is 1.76. The smallest absolute Gasteiger partial charge is 0.250 e. The first kappa shape index (κ1) is 17.7. The molecule has 2 unspecified atom stereocenters. The quantitative estimate of drug-likeness (QED) is 0.657. The number of aryl methyl sites for hydroxylation is 1. The fraction of sp³-hybridized carbons (Fsp3) is 0.286. The maximum absolute atomic E-state index is 14.5. The van der Waals surface area contributed by atoms with Crippen molar-refractivity contribution in [2.45, 2.75) is 32.3 Å². The molecule has 0 saturated heterocycles. The second-order valence-electron chi connectivity index (χ2n) is 7.20. The Bertz CT molecular complexity index is 1040. The summed E-state index contributed by atoms with van der Waals surface area (Å²) in [6, 6.07) is 6.81. The number of aromatic amines is 1. The molecule has 4 rings (SSSR count).